The summed E-state index contributed by atoms with van der Waals surface area (Å²) < 4.78 is 5.01. The molecule has 1 aromatic carbocycles. The molecule has 0 saturated heterocycles. The van der Waals surface area contributed by atoms with E-state index in [4.69, 9.17) is 4.74 Å². The molecule has 1 atom stereocenters. The Hall–Kier alpha value is -2.40. The molecule has 1 aromatic heterocycles. The number of hydrogen-bond donors (Lipinski definition) is 1. The largest absolute Gasteiger partial charge is 0.481 e. The number of aromatic nitrogens is 1. The van der Waals surface area contributed by atoms with E-state index in [0.717, 1.165) is 6.42 Å². The van der Waals surface area contributed by atoms with E-state index in [0.29, 0.717) is 18.0 Å². The summed E-state index contributed by atoms with van der Waals surface area (Å²) in [7, 11) is 5.58. The predicted molar refractivity (Wildman–Crippen MR) is 95.4 cm³/mol. The number of likely N-dealkylation sites (N-methyl/N-ethyl adjacent to an activating group) is 1. The first-order valence-corrected chi connectivity index (χ1v) is 8.08. The number of aryl methyl sites for hydroxylation is 1. The Balaban J connectivity index is 2.03. The van der Waals surface area contributed by atoms with Crippen molar-refractivity contribution in [1.29, 1.82) is 0 Å². The third-order valence-electron chi connectivity index (χ3n) is 4.06. The molecule has 5 heteroatoms. The van der Waals surface area contributed by atoms with Crippen LogP contribution in [0.25, 0.3) is 0 Å². The lowest BCUT2D eigenvalue weighted by Crippen LogP contribution is -2.34. The van der Waals surface area contributed by atoms with Crippen molar-refractivity contribution in [2.45, 2.75) is 19.4 Å². The zero-order valence-corrected chi connectivity index (χ0v) is 14.7. The summed E-state index contributed by atoms with van der Waals surface area (Å²) in [5, 5.41) is 2.98. The lowest BCUT2D eigenvalue weighted by Gasteiger charge is -2.25. The van der Waals surface area contributed by atoms with Crippen molar-refractivity contribution in [3.05, 3.63) is 59.3 Å². The maximum Gasteiger partial charge on any atom is 0.252 e. The molecule has 1 N–H and O–H groups in total. The molecule has 1 amide bonds. The molecule has 5 nitrogen and oxygen atoms in total. The van der Waals surface area contributed by atoms with E-state index in [2.05, 4.69) is 46.4 Å². The molecule has 2 aromatic rings. The highest BCUT2D eigenvalue weighted by molar-refractivity contribution is 5.93. The van der Waals surface area contributed by atoms with E-state index in [1.807, 2.05) is 14.1 Å². The summed E-state index contributed by atoms with van der Waals surface area (Å²) in [6, 6.07) is 12.0. The number of rotatable bonds is 7. The highest BCUT2D eigenvalue weighted by Crippen LogP contribution is 2.18. The van der Waals surface area contributed by atoms with Crippen molar-refractivity contribution in [3.63, 3.8) is 0 Å². The first-order valence-electron chi connectivity index (χ1n) is 8.08. The second kappa shape index (κ2) is 8.45. The highest BCUT2D eigenvalue weighted by Gasteiger charge is 2.16. The molecule has 0 bridgehead atoms. The Morgan fingerprint density at radius 2 is 1.92 bits per heavy atom. The Kier molecular flexibility index (Phi) is 6.32. The van der Waals surface area contributed by atoms with Gasteiger partial charge in [-0.25, -0.2) is 4.98 Å². The Morgan fingerprint density at radius 3 is 2.42 bits per heavy atom. The van der Waals surface area contributed by atoms with Crippen molar-refractivity contribution in [2.24, 2.45) is 0 Å². The number of nitrogens with one attached hydrogen (secondary N) is 1. The third-order valence-corrected chi connectivity index (χ3v) is 4.06. The van der Waals surface area contributed by atoms with Crippen molar-refractivity contribution in [1.82, 2.24) is 15.2 Å². The molecular formula is C19H25N3O2. The molecule has 0 aliphatic carbocycles. The number of carbonyl (C=O) groups is 1. The van der Waals surface area contributed by atoms with Gasteiger partial charge in [-0.3, -0.25) is 4.79 Å². The van der Waals surface area contributed by atoms with E-state index in [9.17, 15) is 4.79 Å². The van der Waals surface area contributed by atoms with Gasteiger partial charge >= 0.3 is 0 Å². The molecular weight excluding hydrogens is 302 g/mol. The van der Waals surface area contributed by atoms with Crippen LogP contribution in [0.15, 0.2) is 42.6 Å². The maximum absolute atomic E-state index is 12.3. The van der Waals surface area contributed by atoms with Gasteiger partial charge in [0.1, 0.15) is 0 Å². The molecule has 1 heterocycles. The van der Waals surface area contributed by atoms with Crippen LogP contribution in [0.3, 0.4) is 0 Å². The van der Waals surface area contributed by atoms with Gasteiger partial charge in [-0.05, 0) is 37.7 Å². The number of carbonyl (C=O) groups excluding carboxylic acids is 1. The van der Waals surface area contributed by atoms with Crippen LogP contribution in [-0.4, -0.2) is 43.5 Å². The topological polar surface area (TPSA) is 54.5 Å². The quantitative estimate of drug-likeness (QED) is 0.849. The second-order valence-electron chi connectivity index (χ2n) is 5.87. The van der Waals surface area contributed by atoms with Gasteiger partial charge in [-0.2, -0.15) is 0 Å². The van der Waals surface area contributed by atoms with Crippen molar-refractivity contribution in [3.8, 4) is 5.88 Å². The summed E-state index contributed by atoms with van der Waals surface area (Å²) >= 11 is 0. The zero-order valence-electron chi connectivity index (χ0n) is 14.7. The summed E-state index contributed by atoms with van der Waals surface area (Å²) in [6.45, 7) is 2.67. The normalized spacial score (nSPS) is 12.0. The Morgan fingerprint density at radius 1 is 1.21 bits per heavy atom. The molecule has 0 radical (unpaired) electrons. The first kappa shape index (κ1) is 17.9. The van der Waals surface area contributed by atoms with Crippen molar-refractivity contribution >= 4 is 5.91 Å². The van der Waals surface area contributed by atoms with E-state index in [1.54, 1.807) is 19.2 Å². The second-order valence-corrected chi connectivity index (χ2v) is 5.87. The fourth-order valence-electron chi connectivity index (χ4n) is 2.50. The molecule has 0 spiro atoms. The average Bonchev–Trinajstić information content (AvgIpc) is 2.62. The first-order chi connectivity index (χ1) is 11.5. The minimum atomic E-state index is -0.137. The summed E-state index contributed by atoms with van der Waals surface area (Å²) in [5.74, 6) is 0.357. The van der Waals surface area contributed by atoms with Crippen LogP contribution < -0.4 is 10.1 Å². The highest BCUT2D eigenvalue weighted by atomic mass is 16.5. The van der Waals surface area contributed by atoms with Crippen LogP contribution in [0.5, 0.6) is 5.88 Å². The SMILES string of the molecule is CCc1ccc(C(CNC(=O)c2ccc(OC)nc2)N(C)C)cc1. The molecule has 0 saturated carbocycles. The summed E-state index contributed by atoms with van der Waals surface area (Å²) in [6.07, 6.45) is 2.54. The van der Waals surface area contributed by atoms with Gasteiger partial charge in [0.2, 0.25) is 5.88 Å². The van der Waals surface area contributed by atoms with Crippen LogP contribution >= 0.6 is 0 Å². The summed E-state index contributed by atoms with van der Waals surface area (Å²) in [4.78, 5) is 18.5. The maximum atomic E-state index is 12.3. The average molecular weight is 327 g/mol. The lowest BCUT2D eigenvalue weighted by atomic mass is 10.0. The molecule has 24 heavy (non-hydrogen) atoms. The van der Waals surface area contributed by atoms with Gasteiger partial charge in [-0.15, -0.1) is 0 Å². The van der Waals surface area contributed by atoms with Gasteiger partial charge in [0.15, 0.2) is 0 Å². The third kappa shape index (κ3) is 4.55. The van der Waals surface area contributed by atoms with Crippen LogP contribution in [0.1, 0.15) is 34.5 Å². The number of hydrogen-bond acceptors (Lipinski definition) is 4. The number of amides is 1. The molecule has 1 unspecified atom stereocenters. The molecule has 0 aliphatic rings. The van der Waals surface area contributed by atoms with Gasteiger partial charge in [0, 0.05) is 18.8 Å². The monoisotopic (exact) mass is 327 g/mol. The van der Waals surface area contributed by atoms with Crippen LogP contribution in [0, 0.1) is 0 Å². The van der Waals surface area contributed by atoms with Crippen molar-refractivity contribution < 1.29 is 9.53 Å². The van der Waals surface area contributed by atoms with Crippen LogP contribution in [0.4, 0.5) is 0 Å². The van der Waals surface area contributed by atoms with E-state index < -0.39 is 0 Å². The number of nitrogens with zero attached hydrogens (tertiary/aromatic N) is 2. The van der Waals surface area contributed by atoms with Crippen LogP contribution in [-0.2, 0) is 6.42 Å². The number of benzene rings is 1. The predicted octanol–water partition coefficient (Wildman–Crippen LogP) is 2.69. The van der Waals surface area contributed by atoms with E-state index in [1.165, 1.54) is 17.3 Å². The number of pyridine rings is 1. The molecule has 2 rings (SSSR count). The number of methoxy groups -OCH3 is 1. The van der Waals surface area contributed by atoms with Crippen molar-refractivity contribution in [2.75, 3.05) is 27.7 Å². The zero-order chi connectivity index (χ0) is 17.5. The van der Waals surface area contributed by atoms with Gasteiger partial charge < -0.3 is 15.0 Å². The minimum Gasteiger partial charge on any atom is -0.481 e. The van der Waals surface area contributed by atoms with Crippen LogP contribution in [0.2, 0.25) is 0 Å². The molecule has 0 fully saturated rings. The smallest absolute Gasteiger partial charge is 0.252 e. The standard InChI is InChI=1S/C19H25N3O2/c1-5-14-6-8-15(9-7-14)17(22(2)3)13-21-19(23)16-10-11-18(24-4)20-12-16/h6-12,17H,5,13H2,1-4H3,(H,21,23). The Labute approximate surface area is 143 Å². The fourth-order valence-corrected chi connectivity index (χ4v) is 2.50. The minimum absolute atomic E-state index is 0.117. The number of ether oxygens (including phenoxy) is 1. The fraction of sp³-hybridized carbons (Fsp3) is 0.368. The van der Waals surface area contributed by atoms with Gasteiger partial charge in [0.25, 0.3) is 5.91 Å². The van der Waals surface area contributed by atoms with Gasteiger partial charge in [-0.1, -0.05) is 31.2 Å². The summed E-state index contributed by atoms with van der Waals surface area (Å²) in [5.41, 5.74) is 3.02. The van der Waals surface area contributed by atoms with Gasteiger partial charge in [0.05, 0.1) is 18.7 Å². The molecule has 0 aliphatic heterocycles. The molecule has 128 valence electrons. The van der Waals surface area contributed by atoms with E-state index in [-0.39, 0.29) is 11.9 Å². The lowest BCUT2D eigenvalue weighted by molar-refractivity contribution is 0.0941. The van der Waals surface area contributed by atoms with E-state index >= 15 is 0 Å². The Bertz CT molecular complexity index is 651.